The Balaban J connectivity index is 2.66. The van der Waals surface area contributed by atoms with Gasteiger partial charge in [-0.05, 0) is 6.92 Å². The van der Waals surface area contributed by atoms with Gasteiger partial charge in [-0.3, -0.25) is 0 Å². The second-order valence-electron chi connectivity index (χ2n) is 2.72. The first kappa shape index (κ1) is 11.1. The molecule has 0 aliphatic carbocycles. The lowest BCUT2D eigenvalue weighted by Crippen LogP contribution is -2.17. The van der Waals surface area contributed by atoms with Crippen LogP contribution in [0.15, 0.2) is 12.5 Å². The highest BCUT2D eigenvalue weighted by Gasteiger charge is 2.09. The highest BCUT2D eigenvalue weighted by Crippen LogP contribution is 2.02. The fourth-order valence-corrected chi connectivity index (χ4v) is 1.01. The molecule has 5 nitrogen and oxygen atoms in total. The van der Waals surface area contributed by atoms with E-state index < -0.39 is 5.97 Å². The first-order valence-corrected chi connectivity index (χ1v) is 4.38. The van der Waals surface area contributed by atoms with Gasteiger partial charge in [0.05, 0.1) is 12.2 Å². The standard InChI is InChI=1S/C10H11N3O2/c1-2-3-4-11-6-9-8(10(14)15)5-12-7-13-9/h5,7,11H,4,6H2,1H3,(H,14,15). The van der Waals surface area contributed by atoms with Gasteiger partial charge in [-0.25, -0.2) is 14.8 Å². The summed E-state index contributed by atoms with van der Waals surface area (Å²) in [5.41, 5.74) is 0.588. The molecule has 1 aromatic rings. The van der Waals surface area contributed by atoms with Crippen molar-refractivity contribution in [1.29, 1.82) is 0 Å². The van der Waals surface area contributed by atoms with Crippen molar-refractivity contribution in [2.45, 2.75) is 13.5 Å². The zero-order valence-corrected chi connectivity index (χ0v) is 8.32. The average molecular weight is 205 g/mol. The number of nitrogens with zero attached hydrogens (tertiary/aromatic N) is 2. The zero-order chi connectivity index (χ0) is 11.1. The van der Waals surface area contributed by atoms with E-state index in [0.29, 0.717) is 18.8 Å². The Morgan fingerprint density at radius 2 is 2.47 bits per heavy atom. The Kier molecular flexibility index (Phi) is 4.26. The molecule has 78 valence electrons. The number of nitrogens with one attached hydrogen (secondary N) is 1. The van der Waals surface area contributed by atoms with Gasteiger partial charge in [0.25, 0.3) is 0 Å². The predicted molar refractivity (Wildman–Crippen MR) is 54.1 cm³/mol. The molecular formula is C10H11N3O2. The van der Waals surface area contributed by atoms with Crippen LogP contribution in [0.4, 0.5) is 0 Å². The minimum atomic E-state index is -1.02. The molecule has 0 amide bonds. The minimum absolute atomic E-state index is 0.120. The lowest BCUT2D eigenvalue weighted by molar-refractivity contribution is 0.0694. The number of aromatic carboxylic acids is 1. The van der Waals surface area contributed by atoms with Gasteiger partial charge in [-0.15, -0.1) is 5.92 Å². The van der Waals surface area contributed by atoms with Crippen molar-refractivity contribution < 1.29 is 9.90 Å². The summed E-state index contributed by atoms with van der Waals surface area (Å²) in [6.45, 7) is 2.63. The quantitative estimate of drug-likeness (QED) is 0.545. The molecule has 0 saturated heterocycles. The van der Waals surface area contributed by atoms with Crippen molar-refractivity contribution in [3.05, 3.63) is 23.8 Å². The molecule has 0 bridgehead atoms. The fourth-order valence-electron chi connectivity index (χ4n) is 1.01. The molecule has 0 unspecified atom stereocenters. The molecule has 15 heavy (non-hydrogen) atoms. The number of carboxylic acid groups (broad SMARTS) is 1. The monoisotopic (exact) mass is 205 g/mol. The van der Waals surface area contributed by atoms with Gasteiger partial charge in [0.15, 0.2) is 0 Å². The topological polar surface area (TPSA) is 75.1 Å². The van der Waals surface area contributed by atoms with Crippen LogP contribution in [0.2, 0.25) is 0 Å². The third kappa shape index (κ3) is 3.37. The molecule has 0 aliphatic rings. The first-order chi connectivity index (χ1) is 7.25. The van der Waals surface area contributed by atoms with Crippen LogP contribution in [0, 0.1) is 11.8 Å². The van der Waals surface area contributed by atoms with Crippen LogP contribution in [-0.4, -0.2) is 27.6 Å². The second-order valence-corrected chi connectivity index (χ2v) is 2.72. The van der Waals surface area contributed by atoms with Crippen LogP contribution in [-0.2, 0) is 6.54 Å². The molecule has 0 saturated carbocycles. The highest BCUT2D eigenvalue weighted by molar-refractivity contribution is 5.88. The van der Waals surface area contributed by atoms with E-state index in [1.54, 1.807) is 6.92 Å². The van der Waals surface area contributed by atoms with Crippen LogP contribution < -0.4 is 5.32 Å². The Morgan fingerprint density at radius 1 is 1.67 bits per heavy atom. The van der Waals surface area contributed by atoms with Crippen molar-refractivity contribution >= 4 is 5.97 Å². The van der Waals surface area contributed by atoms with Crippen molar-refractivity contribution in [2.75, 3.05) is 6.54 Å². The van der Waals surface area contributed by atoms with E-state index in [-0.39, 0.29) is 5.56 Å². The van der Waals surface area contributed by atoms with Crippen LogP contribution >= 0.6 is 0 Å². The number of carboxylic acids is 1. The van der Waals surface area contributed by atoms with Crippen molar-refractivity contribution in [1.82, 2.24) is 15.3 Å². The summed E-state index contributed by atoms with van der Waals surface area (Å²) in [5, 5.41) is 11.8. The van der Waals surface area contributed by atoms with Crippen LogP contribution in [0.3, 0.4) is 0 Å². The van der Waals surface area contributed by atoms with Gasteiger partial charge in [0.1, 0.15) is 11.9 Å². The summed E-state index contributed by atoms with van der Waals surface area (Å²) in [4.78, 5) is 18.3. The molecule has 0 atom stereocenters. The summed E-state index contributed by atoms with van der Waals surface area (Å²) in [6.07, 6.45) is 2.62. The SMILES string of the molecule is CC#CCNCc1ncncc1C(=O)O. The van der Waals surface area contributed by atoms with Gasteiger partial charge >= 0.3 is 5.97 Å². The number of aromatic nitrogens is 2. The van der Waals surface area contributed by atoms with E-state index in [1.165, 1.54) is 12.5 Å². The van der Waals surface area contributed by atoms with E-state index in [9.17, 15) is 4.79 Å². The first-order valence-electron chi connectivity index (χ1n) is 4.38. The van der Waals surface area contributed by atoms with Gasteiger partial charge in [-0.1, -0.05) is 5.92 Å². The van der Waals surface area contributed by atoms with Crippen molar-refractivity contribution in [3.8, 4) is 11.8 Å². The maximum absolute atomic E-state index is 10.8. The molecule has 1 aromatic heterocycles. The maximum atomic E-state index is 10.8. The third-order valence-electron chi connectivity index (χ3n) is 1.71. The molecule has 0 aromatic carbocycles. The smallest absolute Gasteiger partial charge is 0.339 e. The van der Waals surface area contributed by atoms with Gasteiger partial charge in [0, 0.05) is 12.7 Å². The molecule has 1 heterocycles. The average Bonchev–Trinajstić information content (AvgIpc) is 2.25. The Labute approximate surface area is 87.6 Å². The Morgan fingerprint density at radius 3 is 3.13 bits per heavy atom. The van der Waals surface area contributed by atoms with E-state index in [4.69, 9.17) is 5.11 Å². The van der Waals surface area contributed by atoms with Gasteiger partial charge in [-0.2, -0.15) is 0 Å². The Hall–Kier alpha value is -1.93. The minimum Gasteiger partial charge on any atom is -0.478 e. The van der Waals surface area contributed by atoms with E-state index in [1.807, 2.05) is 0 Å². The van der Waals surface area contributed by atoms with Crippen molar-refractivity contribution in [2.24, 2.45) is 0 Å². The molecule has 1 rings (SSSR count). The van der Waals surface area contributed by atoms with E-state index in [0.717, 1.165) is 0 Å². The summed E-state index contributed by atoms with van der Waals surface area (Å²) in [7, 11) is 0. The molecular weight excluding hydrogens is 194 g/mol. The molecule has 2 N–H and O–H groups in total. The summed E-state index contributed by atoms with van der Waals surface area (Å²) < 4.78 is 0. The number of rotatable bonds is 4. The van der Waals surface area contributed by atoms with Crippen molar-refractivity contribution in [3.63, 3.8) is 0 Å². The van der Waals surface area contributed by atoms with Crippen LogP contribution in [0.5, 0.6) is 0 Å². The summed E-state index contributed by atoms with van der Waals surface area (Å²) in [5.74, 6) is 4.53. The number of carbonyl (C=O) groups is 1. The fraction of sp³-hybridized carbons (Fsp3) is 0.300. The predicted octanol–water partition coefficient (Wildman–Crippen LogP) is 0.288. The molecule has 0 aliphatic heterocycles. The normalized spacial score (nSPS) is 9.13. The highest BCUT2D eigenvalue weighted by atomic mass is 16.4. The van der Waals surface area contributed by atoms with E-state index >= 15 is 0 Å². The molecule has 0 fully saturated rings. The number of hydrogen-bond acceptors (Lipinski definition) is 4. The molecule has 0 radical (unpaired) electrons. The largest absolute Gasteiger partial charge is 0.478 e. The van der Waals surface area contributed by atoms with Crippen LogP contribution in [0.25, 0.3) is 0 Å². The molecule has 5 heteroatoms. The summed E-state index contributed by atoms with van der Waals surface area (Å²) in [6, 6.07) is 0. The van der Waals surface area contributed by atoms with Gasteiger partial charge < -0.3 is 10.4 Å². The summed E-state index contributed by atoms with van der Waals surface area (Å²) >= 11 is 0. The molecule has 0 spiro atoms. The maximum Gasteiger partial charge on any atom is 0.339 e. The second kappa shape index (κ2) is 5.73. The number of hydrogen-bond donors (Lipinski definition) is 2. The van der Waals surface area contributed by atoms with E-state index in [2.05, 4.69) is 27.1 Å². The third-order valence-corrected chi connectivity index (χ3v) is 1.71. The van der Waals surface area contributed by atoms with Crippen LogP contribution in [0.1, 0.15) is 23.0 Å². The van der Waals surface area contributed by atoms with Gasteiger partial charge in [0.2, 0.25) is 0 Å². The Bertz CT molecular complexity index is 407. The lowest BCUT2D eigenvalue weighted by Gasteiger charge is -2.03. The lowest BCUT2D eigenvalue weighted by atomic mass is 10.2. The zero-order valence-electron chi connectivity index (χ0n) is 8.32.